The van der Waals surface area contributed by atoms with E-state index in [1.165, 1.54) is 10.4 Å². The van der Waals surface area contributed by atoms with Crippen LogP contribution in [0.25, 0.3) is 0 Å². The number of primary amides is 1. The number of carbonyl (C=O) groups excluding carboxylic acids is 2. The number of piperidine rings is 1. The van der Waals surface area contributed by atoms with Gasteiger partial charge in [-0.1, -0.05) is 0 Å². The molecule has 1 aromatic heterocycles. The maximum Gasteiger partial charge on any atom is 0.289 e. The minimum absolute atomic E-state index is 0.0211. The van der Waals surface area contributed by atoms with Crippen LogP contribution in [0.15, 0.2) is 15.4 Å². The monoisotopic (exact) mass is 369 g/mol. The van der Waals surface area contributed by atoms with Gasteiger partial charge < -0.3 is 15.1 Å². The summed E-state index contributed by atoms with van der Waals surface area (Å²) in [5.74, 6) is -0.669. The molecule has 9 heteroatoms. The van der Waals surface area contributed by atoms with Crippen molar-refractivity contribution in [2.24, 2.45) is 11.7 Å². The highest BCUT2D eigenvalue weighted by Crippen LogP contribution is 2.27. The highest BCUT2D eigenvalue weighted by Gasteiger charge is 2.33. The van der Waals surface area contributed by atoms with Crippen LogP contribution < -0.4 is 5.73 Å². The van der Waals surface area contributed by atoms with Crippen LogP contribution >= 0.6 is 0 Å². The van der Waals surface area contributed by atoms with Gasteiger partial charge in [0.15, 0.2) is 5.76 Å². The minimum atomic E-state index is -3.63. The van der Waals surface area contributed by atoms with Crippen LogP contribution in [-0.4, -0.2) is 55.6 Å². The normalized spacial score (nSPS) is 20.1. The lowest BCUT2D eigenvalue weighted by molar-refractivity contribution is -0.123. The van der Waals surface area contributed by atoms with Crippen LogP contribution in [-0.2, 0) is 14.8 Å². The lowest BCUT2D eigenvalue weighted by atomic mass is 9.96. The molecule has 25 heavy (non-hydrogen) atoms. The molecule has 0 radical (unpaired) electrons. The van der Waals surface area contributed by atoms with Gasteiger partial charge in [0, 0.05) is 38.2 Å². The summed E-state index contributed by atoms with van der Waals surface area (Å²) < 4.78 is 32.2. The zero-order valence-electron chi connectivity index (χ0n) is 14.2. The fourth-order valence-electron chi connectivity index (χ4n) is 3.42. The lowest BCUT2D eigenvalue weighted by Crippen LogP contribution is -2.41. The Morgan fingerprint density at radius 3 is 2.32 bits per heavy atom. The van der Waals surface area contributed by atoms with Gasteiger partial charge in [0.2, 0.25) is 15.9 Å². The number of rotatable bonds is 4. The van der Waals surface area contributed by atoms with E-state index in [9.17, 15) is 18.0 Å². The molecule has 3 rings (SSSR count). The average molecular weight is 369 g/mol. The first-order valence-electron chi connectivity index (χ1n) is 8.50. The van der Waals surface area contributed by atoms with E-state index in [2.05, 4.69) is 0 Å². The summed E-state index contributed by atoms with van der Waals surface area (Å²) in [6.45, 7) is 3.35. The van der Waals surface area contributed by atoms with Gasteiger partial charge in [0.05, 0.1) is 0 Å². The predicted octanol–water partition coefficient (Wildman–Crippen LogP) is 0.710. The van der Waals surface area contributed by atoms with Crippen LogP contribution in [0.4, 0.5) is 0 Å². The second-order valence-corrected chi connectivity index (χ2v) is 8.52. The van der Waals surface area contributed by atoms with Crippen LogP contribution in [0, 0.1) is 12.8 Å². The fraction of sp³-hybridized carbons (Fsp3) is 0.625. The van der Waals surface area contributed by atoms with E-state index in [-0.39, 0.29) is 34.1 Å². The Balaban J connectivity index is 1.76. The first-order chi connectivity index (χ1) is 11.8. The third kappa shape index (κ3) is 3.43. The van der Waals surface area contributed by atoms with Crippen molar-refractivity contribution in [1.82, 2.24) is 9.21 Å². The van der Waals surface area contributed by atoms with Gasteiger partial charge in [0.1, 0.15) is 10.7 Å². The zero-order valence-corrected chi connectivity index (χ0v) is 15.0. The molecular weight excluding hydrogens is 346 g/mol. The second kappa shape index (κ2) is 6.80. The number of nitrogens with two attached hydrogens (primary N) is 1. The number of amides is 2. The Bertz CT molecular complexity index is 772. The van der Waals surface area contributed by atoms with E-state index in [1.807, 2.05) is 0 Å². The molecule has 138 valence electrons. The Labute approximate surface area is 147 Å². The van der Waals surface area contributed by atoms with Crippen molar-refractivity contribution < 1.29 is 22.4 Å². The number of carbonyl (C=O) groups is 2. The molecule has 0 unspecified atom stereocenters. The van der Waals surface area contributed by atoms with Gasteiger partial charge in [-0.3, -0.25) is 9.59 Å². The van der Waals surface area contributed by atoms with Gasteiger partial charge in [-0.2, -0.15) is 4.31 Å². The molecular formula is C16H23N3O5S. The Kier molecular flexibility index (Phi) is 4.88. The van der Waals surface area contributed by atoms with Gasteiger partial charge in [-0.15, -0.1) is 0 Å². The summed E-state index contributed by atoms with van der Waals surface area (Å²) in [6.07, 6.45) is 2.72. The van der Waals surface area contributed by atoms with Crippen molar-refractivity contribution >= 4 is 21.8 Å². The third-order valence-corrected chi connectivity index (χ3v) is 6.96. The molecule has 0 bridgehead atoms. The van der Waals surface area contributed by atoms with Crippen molar-refractivity contribution in [3.05, 3.63) is 17.6 Å². The standard InChI is InChI=1S/C16H23N3O5S/c1-11-14(25(22,23)19-6-2-3-7-19)10-13(24-11)16(21)18-8-4-12(5-9-18)15(17)20/h10,12H,2-9H2,1H3,(H2,17,20). The second-order valence-electron chi connectivity index (χ2n) is 6.61. The summed E-state index contributed by atoms with van der Waals surface area (Å²) in [6, 6.07) is 1.32. The first kappa shape index (κ1) is 17.9. The zero-order chi connectivity index (χ0) is 18.2. The van der Waals surface area contributed by atoms with Crippen molar-refractivity contribution in [2.75, 3.05) is 26.2 Å². The molecule has 2 amide bonds. The highest BCUT2D eigenvalue weighted by molar-refractivity contribution is 7.89. The van der Waals surface area contributed by atoms with Crippen molar-refractivity contribution in [3.8, 4) is 0 Å². The van der Waals surface area contributed by atoms with E-state index in [0.717, 1.165) is 12.8 Å². The third-order valence-electron chi connectivity index (χ3n) is 4.95. The lowest BCUT2D eigenvalue weighted by Gasteiger charge is -2.29. The van der Waals surface area contributed by atoms with Crippen molar-refractivity contribution in [3.63, 3.8) is 0 Å². The summed E-state index contributed by atoms with van der Waals surface area (Å²) >= 11 is 0. The summed E-state index contributed by atoms with van der Waals surface area (Å²) in [4.78, 5) is 25.4. The molecule has 2 N–H and O–H groups in total. The highest BCUT2D eigenvalue weighted by atomic mass is 32.2. The van der Waals surface area contributed by atoms with Crippen LogP contribution in [0.3, 0.4) is 0 Å². The number of hydrogen-bond donors (Lipinski definition) is 1. The van der Waals surface area contributed by atoms with E-state index >= 15 is 0 Å². The largest absolute Gasteiger partial charge is 0.455 e. The number of aryl methyl sites for hydroxylation is 1. The molecule has 3 heterocycles. The SMILES string of the molecule is Cc1oc(C(=O)N2CCC(C(N)=O)CC2)cc1S(=O)(=O)N1CCCC1. The summed E-state index contributed by atoms with van der Waals surface area (Å²) in [5.41, 5.74) is 5.30. The van der Waals surface area contributed by atoms with Gasteiger partial charge in [-0.25, -0.2) is 8.42 Å². The van der Waals surface area contributed by atoms with Crippen LogP contribution in [0.1, 0.15) is 42.0 Å². The Morgan fingerprint density at radius 1 is 1.16 bits per heavy atom. The molecule has 2 aliphatic heterocycles. The van der Waals surface area contributed by atoms with E-state index in [4.69, 9.17) is 10.2 Å². The molecule has 0 spiro atoms. The molecule has 0 atom stereocenters. The summed E-state index contributed by atoms with van der Waals surface area (Å²) in [7, 11) is -3.63. The van der Waals surface area contributed by atoms with E-state index in [0.29, 0.717) is 39.0 Å². The Hall–Kier alpha value is -1.87. The molecule has 0 aromatic carbocycles. The summed E-state index contributed by atoms with van der Waals surface area (Å²) in [5, 5.41) is 0. The number of likely N-dealkylation sites (tertiary alicyclic amines) is 1. The number of sulfonamides is 1. The topological polar surface area (TPSA) is 114 Å². The van der Waals surface area contributed by atoms with Gasteiger partial charge in [0.25, 0.3) is 5.91 Å². The predicted molar refractivity (Wildman–Crippen MR) is 89.3 cm³/mol. The van der Waals surface area contributed by atoms with E-state index < -0.39 is 10.0 Å². The first-order valence-corrected chi connectivity index (χ1v) is 9.94. The van der Waals surface area contributed by atoms with Gasteiger partial charge in [-0.05, 0) is 32.6 Å². The van der Waals surface area contributed by atoms with Gasteiger partial charge >= 0.3 is 0 Å². The molecule has 0 aliphatic carbocycles. The molecule has 8 nitrogen and oxygen atoms in total. The molecule has 2 aliphatic rings. The van der Waals surface area contributed by atoms with Crippen LogP contribution in [0.2, 0.25) is 0 Å². The molecule has 1 aromatic rings. The minimum Gasteiger partial charge on any atom is -0.455 e. The number of hydrogen-bond acceptors (Lipinski definition) is 5. The molecule has 2 fully saturated rings. The molecule has 0 saturated carbocycles. The number of nitrogens with zero attached hydrogens (tertiary/aromatic N) is 2. The van der Waals surface area contributed by atoms with Crippen molar-refractivity contribution in [2.45, 2.75) is 37.5 Å². The molecule has 2 saturated heterocycles. The quantitative estimate of drug-likeness (QED) is 0.839. The fourth-order valence-corrected chi connectivity index (χ4v) is 5.10. The Morgan fingerprint density at radius 2 is 1.76 bits per heavy atom. The maximum atomic E-state index is 12.7. The van der Waals surface area contributed by atoms with Crippen LogP contribution in [0.5, 0.6) is 0 Å². The average Bonchev–Trinajstić information content (AvgIpc) is 3.24. The smallest absolute Gasteiger partial charge is 0.289 e. The van der Waals surface area contributed by atoms with Crippen molar-refractivity contribution in [1.29, 1.82) is 0 Å². The maximum absolute atomic E-state index is 12.7. The number of furan rings is 1. The van der Waals surface area contributed by atoms with E-state index in [1.54, 1.807) is 11.8 Å².